The van der Waals surface area contributed by atoms with Crippen molar-refractivity contribution in [2.75, 3.05) is 9.80 Å². The lowest BCUT2D eigenvalue weighted by Crippen LogP contribution is -2.31. The molecule has 8 nitrogen and oxygen atoms in total. The van der Waals surface area contributed by atoms with Gasteiger partial charge >= 0.3 is 0 Å². The van der Waals surface area contributed by atoms with E-state index < -0.39 is 0 Å². The second-order valence-electron chi connectivity index (χ2n) is 15.1. The molecule has 10 rings (SSSR count). The molecule has 1 saturated carbocycles. The molecule has 6 heterocycles. The Balaban J connectivity index is 1.10. The predicted molar refractivity (Wildman–Crippen MR) is 222 cm³/mol. The summed E-state index contributed by atoms with van der Waals surface area (Å²) in [4.78, 5) is 36.2. The maximum absolute atomic E-state index is 5.60. The molecule has 2 unspecified atom stereocenters. The lowest BCUT2D eigenvalue weighted by atomic mass is 9.70. The van der Waals surface area contributed by atoms with Crippen LogP contribution in [0.25, 0.3) is 31.9 Å². The lowest BCUT2D eigenvalue weighted by Gasteiger charge is -2.34. The zero-order valence-corrected chi connectivity index (χ0v) is 31.7. The summed E-state index contributed by atoms with van der Waals surface area (Å²) in [5.74, 6) is 3.62. The Kier molecular flexibility index (Phi) is 7.81. The van der Waals surface area contributed by atoms with Crippen LogP contribution < -0.4 is 9.80 Å². The van der Waals surface area contributed by atoms with E-state index in [-0.39, 0.29) is 10.8 Å². The van der Waals surface area contributed by atoms with Crippen molar-refractivity contribution < 1.29 is 0 Å². The van der Waals surface area contributed by atoms with E-state index in [9.17, 15) is 0 Å². The topological polar surface area (TPSA) is 83.8 Å². The molecule has 0 spiro atoms. The minimum Gasteiger partial charge on any atom is -0.279 e. The Morgan fingerprint density at radius 2 is 0.945 bits per heavy atom. The average molecular weight is 735 g/mol. The molecular weight excluding hydrogens is 697 g/mol. The second-order valence-corrected chi connectivity index (χ2v) is 16.1. The molecule has 0 aliphatic heterocycles. The highest BCUT2D eigenvalue weighted by molar-refractivity contribution is 7.20. The second kappa shape index (κ2) is 12.9. The molecule has 0 amide bonds. The van der Waals surface area contributed by atoms with Gasteiger partial charge in [-0.25, -0.2) is 29.9 Å². The smallest absolute Gasteiger partial charge is 0.138 e. The van der Waals surface area contributed by atoms with Crippen LogP contribution in [0.4, 0.5) is 34.6 Å². The summed E-state index contributed by atoms with van der Waals surface area (Å²) in [6.45, 7) is 7.22. The van der Waals surface area contributed by atoms with Gasteiger partial charge in [-0.05, 0) is 102 Å². The fourth-order valence-electron chi connectivity index (χ4n) is 8.64. The van der Waals surface area contributed by atoms with Gasteiger partial charge in [-0.15, -0.1) is 11.3 Å². The van der Waals surface area contributed by atoms with Gasteiger partial charge in [-0.2, -0.15) is 0 Å². The number of thiophene rings is 1. The number of rotatable bonds is 8. The first-order chi connectivity index (χ1) is 26.9. The van der Waals surface area contributed by atoms with Crippen LogP contribution in [-0.2, 0) is 5.41 Å². The van der Waals surface area contributed by atoms with Gasteiger partial charge in [0, 0.05) is 47.5 Å². The number of hydrogen-bond acceptors (Lipinski definition) is 9. The zero-order chi connectivity index (χ0) is 37.1. The highest BCUT2D eigenvalue weighted by atomic mass is 32.1. The summed E-state index contributed by atoms with van der Waals surface area (Å²) in [6.07, 6.45) is 9.54. The molecule has 2 atom stereocenters. The quantitative estimate of drug-likeness (QED) is 0.153. The fraction of sp³-hybridized carbons (Fsp3) is 0.174. The van der Waals surface area contributed by atoms with E-state index in [0.717, 1.165) is 79.4 Å². The van der Waals surface area contributed by atoms with E-state index in [0.29, 0.717) is 5.92 Å². The summed E-state index contributed by atoms with van der Waals surface area (Å²) < 4.78 is 0. The minimum atomic E-state index is -0.00859. The first-order valence-electron chi connectivity index (χ1n) is 18.7. The first kappa shape index (κ1) is 33.3. The van der Waals surface area contributed by atoms with Gasteiger partial charge in [-0.1, -0.05) is 69.3 Å². The van der Waals surface area contributed by atoms with E-state index >= 15 is 0 Å². The highest BCUT2D eigenvalue weighted by Crippen LogP contribution is 2.67. The van der Waals surface area contributed by atoms with Gasteiger partial charge < -0.3 is 0 Å². The molecule has 0 radical (unpaired) electrons. The Bertz CT molecular complexity index is 2550. The Morgan fingerprint density at radius 3 is 1.35 bits per heavy atom. The Labute approximate surface area is 324 Å². The summed E-state index contributed by atoms with van der Waals surface area (Å²) in [6, 6.07) is 41.1. The third kappa shape index (κ3) is 5.33. The molecule has 2 bridgehead atoms. The van der Waals surface area contributed by atoms with Crippen molar-refractivity contribution in [2.24, 2.45) is 5.41 Å². The van der Waals surface area contributed by atoms with Crippen LogP contribution in [0.2, 0.25) is 0 Å². The number of aromatic nitrogens is 6. The van der Waals surface area contributed by atoms with Crippen LogP contribution in [0, 0.1) is 5.41 Å². The average Bonchev–Trinajstić information content (AvgIpc) is 3.78. The molecule has 2 aliphatic carbocycles. The largest absolute Gasteiger partial charge is 0.279 e. The molecule has 0 saturated heterocycles. The third-order valence-corrected chi connectivity index (χ3v) is 13.2. The van der Waals surface area contributed by atoms with Crippen LogP contribution >= 0.6 is 11.3 Å². The molecule has 2 aromatic carbocycles. The van der Waals surface area contributed by atoms with Crippen LogP contribution in [0.15, 0.2) is 146 Å². The number of nitrogens with zero attached hydrogens (tertiary/aromatic N) is 8. The predicted octanol–water partition coefficient (Wildman–Crippen LogP) is 11.7. The molecule has 6 aromatic heterocycles. The molecule has 55 heavy (non-hydrogen) atoms. The number of benzene rings is 2. The van der Waals surface area contributed by atoms with Gasteiger partial charge in [0.05, 0.1) is 21.1 Å². The van der Waals surface area contributed by atoms with Gasteiger partial charge in [0.15, 0.2) is 0 Å². The normalized spacial score (nSPS) is 18.0. The van der Waals surface area contributed by atoms with Crippen molar-refractivity contribution >= 4 is 57.0 Å². The summed E-state index contributed by atoms with van der Waals surface area (Å²) in [5.41, 5.74) is 8.53. The van der Waals surface area contributed by atoms with Gasteiger partial charge in [0.2, 0.25) is 0 Å². The number of hydrogen-bond donors (Lipinski definition) is 0. The molecule has 9 heteroatoms. The third-order valence-electron chi connectivity index (χ3n) is 11.9. The maximum Gasteiger partial charge on any atom is 0.138 e. The number of pyridine rings is 4. The van der Waals surface area contributed by atoms with Crippen molar-refractivity contribution in [2.45, 2.75) is 44.9 Å². The van der Waals surface area contributed by atoms with Gasteiger partial charge in [-0.3, -0.25) is 9.80 Å². The van der Waals surface area contributed by atoms with Crippen LogP contribution in [0.3, 0.4) is 0 Å². The summed E-state index contributed by atoms with van der Waals surface area (Å²) in [5, 5.41) is 0. The van der Waals surface area contributed by atoms with E-state index in [1.54, 1.807) is 11.3 Å². The molecule has 268 valence electrons. The molecule has 2 aliphatic rings. The van der Waals surface area contributed by atoms with Crippen molar-refractivity contribution in [3.63, 3.8) is 0 Å². The molecule has 0 N–H and O–H groups in total. The van der Waals surface area contributed by atoms with Crippen molar-refractivity contribution in [3.8, 4) is 20.9 Å². The monoisotopic (exact) mass is 734 g/mol. The van der Waals surface area contributed by atoms with E-state index in [2.05, 4.69) is 99.0 Å². The van der Waals surface area contributed by atoms with Crippen molar-refractivity contribution in [1.29, 1.82) is 0 Å². The Hall–Kier alpha value is -6.32. The Morgan fingerprint density at radius 1 is 0.527 bits per heavy atom. The van der Waals surface area contributed by atoms with Crippen LogP contribution in [-0.4, -0.2) is 29.9 Å². The van der Waals surface area contributed by atoms with Gasteiger partial charge in [0.25, 0.3) is 0 Å². The maximum atomic E-state index is 5.60. The number of fused-ring (bicyclic) bond motifs is 6. The molecule has 8 aromatic rings. The van der Waals surface area contributed by atoms with Crippen molar-refractivity contribution in [1.82, 2.24) is 29.9 Å². The highest BCUT2D eigenvalue weighted by Gasteiger charge is 2.61. The lowest BCUT2D eigenvalue weighted by molar-refractivity contribution is 0.227. The molecular formula is C46H38N8S. The first-order valence-corrected chi connectivity index (χ1v) is 19.5. The fourth-order valence-corrected chi connectivity index (χ4v) is 9.83. The minimum absolute atomic E-state index is 0.00859. The SMILES string of the molecule is CC12CCC(c3nc4c(-c5ccc(N(c6ccccn6)c6ccccn6)cc5)sc(-c5ccc(N(c6ccccn6)c6ccccn6)cc5)c4nc31)C2(C)C. The molecule has 1 fully saturated rings. The van der Waals surface area contributed by atoms with Crippen LogP contribution in [0.1, 0.15) is 50.9 Å². The van der Waals surface area contributed by atoms with Gasteiger partial charge in [0.1, 0.15) is 34.3 Å². The zero-order valence-electron chi connectivity index (χ0n) is 30.8. The number of anilines is 6. The standard InChI is InChI=1S/C46H38N8S/c1-45(2)34-24-25-46(45,3)44-39(34)51-40-41(52-44)43(31-18-22-33(23-19-31)54(37-14-6-10-28-49-37)38-15-7-11-29-50-38)55-42(40)30-16-20-32(21-17-30)53(35-12-4-8-26-47-35)36-13-5-9-27-48-36/h4-23,26-29,34H,24-25H2,1-3H3. The summed E-state index contributed by atoms with van der Waals surface area (Å²) in [7, 11) is 0. The van der Waals surface area contributed by atoms with E-state index in [4.69, 9.17) is 9.97 Å². The van der Waals surface area contributed by atoms with Crippen LogP contribution in [0.5, 0.6) is 0 Å². The van der Waals surface area contributed by atoms with E-state index in [1.807, 2.05) is 97.6 Å². The summed E-state index contributed by atoms with van der Waals surface area (Å²) >= 11 is 1.77. The van der Waals surface area contributed by atoms with E-state index in [1.165, 1.54) is 11.4 Å². The van der Waals surface area contributed by atoms with Crippen molar-refractivity contribution in [3.05, 3.63) is 158 Å².